The van der Waals surface area contributed by atoms with Crippen molar-refractivity contribution in [2.45, 2.75) is 31.7 Å². The fourth-order valence-electron chi connectivity index (χ4n) is 1.54. The maximum absolute atomic E-state index is 12.0. The molecule has 1 aromatic rings. The molecule has 0 saturated heterocycles. The Morgan fingerprint density at radius 3 is 2.53 bits per heavy atom. The van der Waals surface area contributed by atoms with Gasteiger partial charge >= 0.3 is 0 Å². The summed E-state index contributed by atoms with van der Waals surface area (Å²) < 4.78 is 26.5. The molecule has 1 aromatic carbocycles. The van der Waals surface area contributed by atoms with E-state index in [-0.39, 0.29) is 16.8 Å². The first-order chi connectivity index (χ1) is 8.77. The fraction of sp³-hybridized carbons (Fsp3) is 0.462. The predicted molar refractivity (Wildman–Crippen MR) is 74.5 cm³/mol. The molecule has 0 heterocycles. The first kappa shape index (κ1) is 15.7. The summed E-state index contributed by atoms with van der Waals surface area (Å²) in [6.45, 7) is 5.92. The smallest absolute Gasteiger partial charge is 0.253 e. The van der Waals surface area contributed by atoms with Gasteiger partial charge in [0.1, 0.15) is 0 Å². The number of carbonyl (C=O) groups is 1. The molecule has 1 amide bonds. The minimum absolute atomic E-state index is 0.108. The largest absolute Gasteiger partial charge is 0.342 e. The van der Waals surface area contributed by atoms with Crippen LogP contribution in [-0.2, 0) is 10.0 Å². The summed E-state index contributed by atoms with van der Waals surface area (Å²) in [5.41, 5.74) is 0.371. The molecule has 6 heteroatoms. The average Bonchev–Trinajstić information content (AvgIpc) is 2.35. The molecule has 0 aromatic heterocycles. The Labute approximate surface area is 114 Å². The van der Waals surface area contributed by atoms with E-state index in [1.54, 1.807) is 33.0 Å². The Morgan fingerprint density at radius 2 is 2.00 bits per heavy atom. The van der Waals surface area contributed by atoms with Gasteiger partial charge in [-0.15, -0.1) is 0 Å². The van der Waals surface area contributed by atoms with Gasteiger partial charge in [0.05, 0.1) is 4.90 Å². The van der Waals surface area contributed by atoms with Crippen molar-refractivity contribution < 1.29 is 13.2 Å². The molecule has 5 nitrogen and oxygen atoms in total. The number of amides is 1. The number of nitrogens with one attached hydrogen (secondary N) is 1. The molecule has 0 spiro atoms. The van der Waals surface area contributed by atoms with Crippen LogP contribution in [0.5, 0.6) is 0 Å². The van der Waals surface area contributed by atoms with Crippen molar-refractivity contribution in [2.75, 3.05) is 13.6 Å². The zero-order valence-corrected chi connectivity index (χ0v) is 12.5. The molecule has 0 radical (unpaired) electrons. The monoisotopic (exact) mass is 284 g/mol. The molecule has 0 atom stereocenters. The van der Waals surface area contributed by atoms with Gasteiger partial charge in [-0.25, -0.2) is 13.1 Å². The van der Waals surface area contributed by atoms with Crippen molar-refractivity contribution in [3.8, 4) is 0 Å². The lowest BCUT2D eigenvalue weighted by atomic mass is 10.2. The van der Waals surface area contributed by atoms with Crippen LogP contribution in [0.15, 0.2) is 29.2 Å². The van der Waals surface area contributed by atoms with Crippen LogP contribution in [0.2, 0.25) is 0 Å². The van der Waals surface area contributed by atoms with Gasteiger partial charge in [-0.3, -0.25) is 4.79 Å². The van der Waals surface area contributed by atoms with Crippen LogP contribution in [0, 0.1) is 0 Å². The molecule has 106 valence electrons. The summed E-state index contributed by atoms with van der Waals surface area (Å²) in [5.74, 6) is -0.191. The zero-order chi connectivity index (χ0) is 14.6. The lowest BCUT2D eigenvalue weighted by Crippen LogP contribution is -2.31. The molecule has 0 aliphatic carbocycles. The van der Waals surface area contributed by atoms with Crippen molar-refractivity contribution in [1.29, 1.82) is 0 Å². The zero-order valence-electron chi connectivity index (χ0n) is 11.7. The van der Waals surface area contributed by atoms with Crippen LogP contribution in [0.25, 0.3) is 0 Å². The second kappa shape index (κ2) is 6.16. The van der Waals surface area contributed by atoms with Crippen LogP contribution in [0.4, 0.5) is 0 Å². The summed E-state index contributed by atoms with van der Waals surface area (Å²) in [7, 11) is -1.89. The highest BCUT2D eigenvalue weighted by Gasteiger charge is 2.18. The SMILES string of the molecule is CCN(C)C(=O)c1cccc(S(=O)(=O)NC(C)C)c1. The van der Waals surface area contributed by atoms with E-state index in [0.29, 0.717) is 12.1 Å². The van der Waals surface area contributed by atoms with E-state index < -0.39 is 10.0 Å². The normalized spacial score (nSPS) is 11.6. The minimum Gasteiger partial charge on any atom is -0.342 e. The lowest BCUT2D eigenvalue weighted by Gasteiger charge is -2.15. The van der Waals surface area contributed by atoms with Crippen LogP contribution in [0.1, 0.15) is 31.1 Å². The molecule has 0 saturated carbocycles. The van der Waals surface area contributed by atoms with Gasteiger partial charge < -0.3 is 4.90 Å². The summed E-state index contributed by atoms with van der Waals surface area (Å²) in [5, 5.41) is 0. The molecule has 0 fully saturated rings. The molecule has 0 unspecified atom stereocenters. The van der Waals surface area contributed by atoms with Crippen LogP contribution in [0.3, 0.4) is 0 Å². The van der Waals surface area contributed by atoms with Crippen molar-refractivity contribution in [3.63, 3.8) is 0 Å². The van der Waals surface area contributed by atoms with Gasteiger partial charge in [-0.1, -0.05) is 6.07 Å². The molecular weight excluding hydrogens is 264 g/mol. The quantitative estimate of drug-likeness (QED) is 0.890. The van der Waals surface area contributed by atoms with E-state index in [1.165, 1.54) is 17.0 Å². The summed E-state index contributed by atoms with van der Waals surface area (Å²) in [4.78, 5) is 13.6. The number of benzene rings is 1. The summed E-state index contributed by atoms with van der Waals surface area (Å²) in [6, 6.07) is 5.88. The number of hydrogen-bond acceptors (Lipinski definition) is 3. The topological polar surface area (TPSA) is 66.5 Å². The van der Waals surface area contributed by atoms with Gasteiger partial charge in [0.15, 0.2) is 0 Å². The van der Waals surface area contributed by atoms with Crippen molar-refractivity contribution in [1.82, 2.24) is 9.62 Å². The molecule has 1 rings (SSSR count). The third-order valence-corrected chi connectivity index (χ3v) is 4.26. The van der Waals surface area contributed by atoms with Crippen molar-refractivity contribution in [2.24, 2.45) is 0 Å². The average molecular weight is 284 g/mol. The maximum atomic E-state index is 12.0. The van der Waals surface area contributed by atoms with Crippen molar-refractivity contribution in [3.05, 3.63) is 29.8 Å². The van der Waals surface area contributed by atoms with Gasteiger partial charge in [0.25, 0.3) is 5.91 Å². The second-order valence-electron chi connectivity index (χ2n) is 4.62. The van der Waals surface area contributed by atoms with Crippen molar-refractivity contribution >= 4 is 15.9 Å². The van der Waals surface area contributed by atoms with Gasteiger partial charge in [0, 0.05) is 25.2 Å². The predicted octanol–water partition coefficient (Wildman–Crippen LogP) is 1.47. The first-order valence-electron chi connectivity index (χ1n) is 6.15. The molecule has 0 aliphatic heterocycles. The van der Waals surface area contributed by atoms with E-state index in [4.69, 9.17) is 0 Å². The number of carbonyl (C=O) groups excluding carboxylic acids is 1. The Morgan fingerprint density at radius 1 is 1.37 bits per heavy atom. The Bertz CT molecular complexity index is 553. The fourth-order valence-corrected chi connectivity index (χ4v) is 2.84. The highest BCUT2D eigenvalue weighted by atomic mass is 32.2. The van der Waals surface area contributed by atoms with Gasteiger partial charge in [-0.05, 0) is 39.0 Å². The number of sulfonamides is 1. The Kier molecular flexibility index (Phi) is 5.08. The number of rotatable bonds is 5. The summed E-state index contributed by atoms with van der Waals surface area (Å²) >= 11 is 0. The first-order valence-corrected chi connectivity index (χ1v) is 7.64. The molecule has 19 heavy (non-hydrogen) atoms. The van der Waals surface area contributed by atoms with Gasteiger partial charge in [-0.2, -0.15) is 0 Å². The van der Waals surface area contributed by atoms with E-state index in [2.05, 4.69) is 4.72 Å². The molecule has 0 bridgehead atoms. The molecule has 0 aliphatic rings. The second-order valence-corrected chi connectivity index (χ2v) is 6.34. The van der Waals surface area contributed by atoms with Crippen LogP contribution in [-0.4, -0.2) is 38.9 Å². The number of hydrogen-bond donors (Lipinski definition) is 1. The van der Waals surface area contributed by atoms with E-state index >= 15 is 0 Å². The van der Waals surface area contributed by atoms with Crippen LogP contribution < -0.4 is 4.72 Å². The number of nitrogens with zero attached hydrogens (tertiary/aromatic N) is 1. The van der Waals surface area contributed by atoms with E-state index in [1.807, 2.05) is 6.92 Å². The minimum atomic E-state index is -3.57. The third-order valence-electron chi connectivity index (χ3n) is 2.60. The third kappa shape index (κ3) is 4.04. The maximum Gasteiger partial charge on any atom is 0.253 e. The standard InChI is InChI=1S/C13H20N2O3S/c1-5-15(4)13(16)11-7-6-8-12(9-11)19(17,18)14-10(2)3/h6-10,14H,5H2,1-4H3. The van der Waals surface area contributed by atoms with E-state index in [9.17, 15) is 13.2 Å². The highest BCUT2D eigenvalue weighted by molar-refractivity contribution is 7.89. The van der Waals surface area contributed by atoms with Crippen LogP contribution >= 0.6 is 0 Å². The Hall–Kier alpha value is -1.40. The van der Waals surface area contributed by atoms with Gasteiger partial charge in [0.2, 0.25) is 10.0 Å². The Balaban J connectivity index is 3.11. The van der Waals surface area contributed by atoms with E-state index in [0.717, 1.165) is 0 Å². The molecular formula is C13H20N2O3S. The lowest BCUT2D eigenvalue weighted by molar-refractivity contribution is 0.0802. The molecule has 1 N–H and O–H groups in total. The summed E-state index contributed by atoms with van der Waals surface area (Å²) in [6.07, 6.45) is 0. The highest BCUT2D eigenvalue weighted by Crippen LogP contribution is 2.13.